The molecule has 5 aromatic rings. The zero-order chi connectivity index (χ0) is 42.3. The fourth-order valence-corrected chi connectivity index (χ4v) is 9.44. The number of anilines is 5. The lowest BCUT2D eigenvalue weighted by molar-refractivity contribution is -0.133. The summed E-state index contributed by atoms with van der Waals surface area (Å²) in [5.41, 5.74) is 3.51. The van der Waals surface area contributed by atoms with E-state index in [1.807, 2.05) is 37.3 Å². The minimum absolute atomic E-state index is 0.241. The van der Waals surface area contributed by atoms with Crippen LogP contribution in [0.3, 0.4) is 0 Å². The molecule has 1 aliphatic carbocycles. The highest BCUT2D eigenvalue weighted by atomic mass is 35.5. The molecule has 7 heterocycles. The number of imide groups is 1. The fraction of sp³-hybridized carbons (Fsp3) is 0.432. The number of hydrogen-bond acceptors (Lipinski definition) is 13. The average molecular weight is 847 g/mol. The number of halogens is 1. The van der Waals surface area contributed by atoms with E-state index in [0.717, 1.165) is 87.8 Å². The van der Waals surface area contributed by atoms with E-state index in [1.54, 1.807) is 27.8 Å². The van der Waals surface area contributed by atoms with E-state index >= 15 is 0 Å². The largest absolute Gasteiger partial charge is 0.384 e. The summed E-state index contributed by atoms with van der Waals surface area (Å²) in [5.74, 6) is 1.65. The standard InChI is InChI=1S/C44H51ClN12O4/c1-3-17-56-42(60)33-26-47-43(52-39(33)57(56)36-11-5-29-13-16-44(61,4-2)38(29)50-36)49-30-6-8-32(9-7-30)54-22-20-53(21-23-54)27-28-14-18-55(19-15-28)40-34(45)24-31(25-46-40)48-35-10-12-37(58)51-41(35)59/h3,5-9,11,24-26,28,35,48,61H,1,4,10,12-23,27H2,2H3,(H,47,49,52)(H,51,58,59)/t35?,44-/m1/s1. The number of carbonyl (C=O) groups is 2. The average Bonchev–Trinajstić information content (AvgIpc) is 3.75. The first-order valence-corrected chi connectivity index (χ1v) is 21.6. The number of aromatic nitrogens is 6. The van der Waals surface area contributed by atoms with Gasteiger partial charge >= 0.3 is 0 Å². The molecule has 0 bridgehead atoms. The number of nitrogens with zero attached hydrogens (tertiary/aromatic N) is 9. The maximum Gasteiger partial charge on any atom is 0.278 e. The Morgan fingerprint density at radius 1 is 0.934 bits per heavy atom. The number of amides is 2. The lowest BCUT2D eigenvalue weighted by Gasteiger charge is -2.40. The molecule has 0 saturated carbocycles. The number of fused-ring (bicyclic) bond motifs is 2. The fourth-order valence-electron chi connectivity index (χ4n) is 9.15. The first-order valence-electron chi connectivity index (χ1n) is 21.3. The number of benzene rings is 1. The van der Waals surface area contributed by atoms with Crippen LogP contribution >= 0.6 is 11.6 Å². The molecule has 2 amide bonds. The van der Waals surface area contributed by atoms with E-state index in [4.69, 9.17) is 21.6 Å². The van der Waals surface area contributed by atoms with E-state index in [2.05, 4.69) is 59.3 Å². The highest BCUT2D eigenvalue weighted by molar-refractivity contribution is 6.33. The van der Waals surface area contributed by atoms with E-state index in [9.17, 15) is 19.5 Å². The summed E-state index contributed by atoms with van der Waals surface area (Å²) in [6.45, 7) is 12.8. The normalized spacial score (nSPS) is 21.1. The van der Waals surface area contributed by atoms with Gasteiger partial charge in [0.05, 0.1) is 29.1 Å². The van der Waals surface area contributed by atoms with Gasteiger partial charge in [-0.1, -0.05) is 30.7 Å². The molecule has 16 nitrogen and oxygen atoms in total. The van der Waals surface area contributed by atoms with Crippen LogP contribution in [0.4, 0.5) is 28.8 Å². The smallest absolute Gasteiger partial charge is 0.278 e. The second kappa shape index (κ2) is 16.9. The van der Waals surface area contributed by atoms with Crippen molar-refractivity contribution >= 4 is 63.3 Å². The Kier molecular flexibility index (Phi) is 11.2. The Labute approximate surface area is 358 Å². The Hall–Kier alpha value is -5.84. The number of rotatable bonds is 12. The topological polar surface area (TPSA) is 179 Å². The molecule has 3 fully saturated rings. The Balaban J connectivity index is 0.785. The summed E-state index contributed by atoms with van der Waals surface area (Å²) in [7, 11) is 0. The first kappa shape index (κ1) is 40.6. The Morgan fingerprint density at radius 2 is 1.72 bits per heavy atom. The second-order valence-electron chi connectivity index (χ2n) is 16.5. The molecule has 3 saturated heterocycles. The minimum atomic E-state index is -0.994. The Bertz CT molecular complexity index is 2530. The number of piperidine rings is 2. The molecule has 2 atom stereocenters. The van der Waals surface area contributed by atoms with Gasteiger partial charge in [-0.05, 0) is 86.4 Å². The second-order valence-corrected chi connectivity index (χ2v) is 17.0. The number of piperazine rings is 1. The van der Waals surface area contributed by atoms with Crippen LogP contribution in [0.1, 0.15) is 56.7 Å². The van der Waals surface area contributed by atoms with Gasteiger partial charge in [-0.25, -0.2) is 24.3 Å². The van der Waals surface area contributed by atoms with Crippen LogP contribution in [-0.2, 0) is 28.2 Å². The molecule has 61 heavy (non-hydrogen) atoms. The lowest BCUT2D eigenvalue weighted by Crippen LogP contribution is -2.49. The van der Waals surface area contributed by atoms with Crippen molar-refractivity contribution in [2.45, 2.75) is 70.1 Å². The van der Waals surface area contributed by atoms with Gasteiger partial charge in [0.25, 0.3) is 5.56 Å². The molecule has 0 radical (unpaired) electrons. The lowest BCUT2D eigenvalue weighted by atomic mass is 9.96. The van der Waals surface area contributed by atoms with Crippen LogP contribution in [0.5, 0.6) is 0 Å². The zero-order valence-electron chi connectivity index (χ0n) is 34.3. The predicted octanol–water partition coefficient (Wildman–Crippen LogP) is 4.75. The van der Waals surface area contributed by atoms with Crippen LogP contribution in [-0.4, -0.2) is 103 Å². The molecular weight excluding hydrogens is 796 g/mol. The number of pyridine rings is 2. The molecule has 1 unspecified atom stereocenters. The maximum atomic E-state index is 13.5. The summed E-state index contributed by atoms with van der Waals surface area (Å²) >= 11 is 6.68. The van der Waals surface area contributed by atoms with E-state index in [0.29, 0.717) is 70.8 Å². The summed E-state index contributed by atoms with van der Waals surface area (Å²) in [6.07, 6.45) is 9.73. The van der Waals surface area contributed by atoms with Crippen LogP contribution in [0, 0.1) is 5.92 Å². The van der Waals surface area contributed by atoms with Crippen LogP contribution in [0.15, 0.2) is 72.3 Å². The third kappa shape index (κ3) is 8.19. The van der Waals surface area contributed by atoms with Crippen LogP contribution in [0.2, 0.25) is 5.02 Å². The van der Waals surface area contributed by atoms with Crippen molar-refractivity contribution < 1.29 is 14.7 Å². The molecule has 17 heteroatoms. The number of aryl methyl sites for hydroxylation is 1. The van der Waals surface area contributed by atoms with E-state index in [1.165, 1.54) is 0 Å². The molecular formula is C44H51ClN12O4. The molecule has 1 aromatic carbocycles. The highest BCUT2D eigenvalue weighted by Crippen LogP contribution is 2.39. The van der Waals surface area contributed by atoms with Gasteiger partial charge in [0, 0.05) is 69.8 Å². The van der Waals surface area contributed by atoms with Gasteiger partial charge in [-0.3, -0.25) is 24.6 Å². The van der Waals surface area contributed by atoms with E-state index in [-0.39, 0.29) is 23.9 Å². The van der Waals surface area contributed by atoms with Crippen molar-refractivity contribution in [1.29, 1.82) is 0 Å². The Morgan fingerprint density at radius 3 is 2.44 bits per heavy atom. The van der Waals surface area contributed by atoms with Crippen molar-refractivity contribution in [2.75, 3.05) is 66.2 Å². The molecule has 4 N–H and O–H groups in total. The van der Waals surface area contributed by atoms with Gasteiger partial charge in [0.2, 0.25) is 17.8 Å². The molecule has 4 aliphatic rings. The zero-order valence-corrected chi connectivity index (χ0v) is 35.1. The van der Waals surface area contributed by atoms with Crippen molar-refractivity contribution in [3.63, 3.8) is 0 Å². The number of aliphatic hydroxyl groups is 1. The van der Waals surface area contributed by atoms with Gasteiger partial charge in [-0.2, -0.15) is 4.98 Å². The predicted molar refractivity (Wildman–Crippen MR) is 236 cm³/mol. The quantitative estimate of drug-likeness (QED) is 0.100. The maximum absolute atomic E-state index is 13.5. The highest BCUT2D eigenvalue weighted by Gasteiger charge is 2.37. The molecule has 0 spiro atoms. The number of carbonyl (C=O) groups excluding carboxylic acids is 2. The molecule has 4 aromatic heterocycles. The first-order chi connectivity index (χ1) is 29.6. The number of allylic oxidation sites excluding steroid dienone is 1. The molecule has 318 valence electrons. The van der Waals surface area contributed by atoms with Gasteiger partial charge in [0.1, 0.15) is 22.8 Å². The number of hydrogen-bond donors (Lipinski definition) is 4. The van der Waals surface area contributed by atoms with Crippen LogP contribution in [0.25, 0.3) is 16.9 Å². The third-order valence-corrected chi connectivity index (χ3v) is 13.0. The SMILES string of the molecule is C=CCn1c(=O)c2cnc(Nc3ccc(N4CCN(CC5CCN(c6ncc(NC7CCC(=O)NC7=O)cc6Cl)CC5)CC4)cc3)nc2n1-c1ccc2c(n1)[C@@](O)(CC)CC2. The van der Waals surface area contributed by atoms with Crippen molar-refractivity contribution in [3.8, 4) is 5.82 Å². The van der Waals surface area contributed by atoms with Crippen molar-refractivity contribution in [2.24, 2.45) is 5.92 Å². The van der Waals surface area contributed by atoms with Crippen molar-refractivity contribution in [3.05, 3.63) is 94.1 Å². The number of nitrogens with one attached hydrogen (secondary N) is 3. The molecule has 3 aliphatic heterocycles. The van der Waals surface area contributed by atoms with Crippen LogP contribution < -0.4 is 31.3 Å². The van der Waals surface area contributed by atoms with E-state index < -0.39 is 11.6 Å². The monoisotopic (exact) mass is 846 g/mol. The molecule has 9 rings (SSSR count). The van der Waals surface area contributed by atoms with Gasteiger partial charge in [0.15, 0.2) is 11.5 Å². The van der Waals surface area contributed by atoms with Gasteiger partial charge in [-0.15, -0.1) is 6.58 Å². The third-order valence-electron chi connectivity index (χ3n) is 12.7. The van der Waals surface area contributed by atoms with Crippen molar-refractivity contribution in [1.82, 2.24) is 39.5 Å². The summed E-state index contributed by atoms with van der Waals surface area (Å²) in [6, 6.07) is 13.5. The summed E-state index contributed by atoms with van der Waals surface area (Å²) in [4.78, 5) is 63.3. The summed E-state index contributed by atoms with van der Waals surface area (Å²) < 4.78 is 3.25. The minimum Gasteiger partial charge on any atom is -0.384 e. The van der Waals surface area contributed by atoms with Gasteiger partial charge < -0.3 is 25.5 Å². The summed E-state index contributed by atoms with van der Waals surface area (Å²) in [5, 5.41) is 21.0.